The number of hydrogen-bond acceptors (Lipinski definition) is 3. The molecule has 0 spiro atoms. The Morgan fingerprint density at radius 2 is 1.71 bits per heavy atom. The minimum atomic E-state index is -3.90. The maximum Gasteiger partial charge on any atom is 0.263 e. The molecule has 0 saturated carbocycles. The van der Waals surface area contributed by atoms with Gasteiger partial charge in [-0.2, -0.15) is 0 Å². The van der Waals surface area contributed by atoms with Gasteiger partial charge in [0.25, 0.3) is 10.0 Å². The summed E-state index contributed by atoms with van der Waals surface area (Å²) in [5, 5.41) is 0.460. The van der Waals surface area contributed by atoms with E-state index in [9.17, 15) is 13.2 Å². The highest BCUT2D eigenvalue weighted by Gasteiger charge is 2.26. The summed E-state index contributed by atoms with van der Waals surface area (Å²) in [5.74, 6) is 0.0492. The highest BCUT2D eigenvalue weighted by atomic mass is 35.5. The molecule has 0 radical (unpaired) electrons. The van der Waals surface area contributed by atoms with Crippen LogP contribution >= 0.6 is 23.2 Å². The van der Waals surface area contributed by atoms with E-state index in [0.29, 0.717) is 35.7 Å². The molecule has 3 aromatic carbocycles. The van der Waals surface area contributed by atoms with Gasteiger partial charge in [0, 0.05) is 22.8 Å². The number of anilines is 2. The lowest BCUT2D eigenvalue weighted by molar-refractivity contribution is -0.119. The first-order chi connectivity index (χ1) is 14.7. The third-order valence-corrected chi connectivity index (χ3v) is 7.47. The van der Waals surface area contributed by atoms with E-state index in [0.717, 1.165) is 16.8 Å². The van der Waals surface area contributed by atoms with Crippen LogP contribution in [0.5, 0.6) is 0 Å². The van der Waals surface area contributed by atoms with Crippen molar-refractivity contribution >= 4 is 50.5 Å². The van der Waals surface area contributed by atoms with Gasteiger partial charge in [-0.05, 0) is 60.4 Å². The number of nitrogens with zero attached hydrogens (tertiary/aromatic N) is 1. The summed E-state index contributed by atoms with van der Waals surface area (Å²) in [4.78, 5) is 14.3. The SMILES string of the molecule is Cc1cc(S(=O)(=O)Nc2ccc3c(c2)CCC(=O)N3Cc2ccccc2)c(Cl)cc1Cl. The van der Waals surface area contributed by atoms with E-state index in [-0.39, 0.29) is 15.8 Å². The van der Waals surface area contributed by atoms with Crippen LogP contribution < -0.4 is 9.62 Å². The van der Waals surface area contributed by atoms with Crippen molar-refractivity contribution in [3.63, 3.8) is 0 Å². The van der Waals surface area contributed by atoms with Crippen LogP contribution in [0.2, 0.25) is 10.0 Å². The number of carbonyl (C=O) groups is 1. The van der Waals surface area contributed by atoms with Crippen molar-refractivity contribution in [2.24, 2.45) is 0 Å². The molecule has 1 N–H and O–H groups in total. The van der Waals surface area contributed by atoms with E-state index in [2.05, 4.69) is 4.72 Å². The third-order valence-electron chi connectivity index (χ3n) is 5.22. The summed E-state index contributed by atoms with van der Waals surface area (Å²) >= 11 is 12.2. The first-order valence-corrected chi connectivity index (χ1v) is 11.9. The highest BCUT2D eigenvalue weighted by Crippen LogP contribution is 2.33. The van der Waals surface area contributed by atoms with Crippen molar-refractivity contribution in [3.05, 3.63) is 87.4 Å². The van der Waals surface area contributed by atoms with Gasteiger partial charge < -0.3 is 4.90 Å². The highest BCUT2D eigenvalue weighted by molar-refractivity contribution is 7.92. The molecule has 1 aliphatic rings. The smallest absolute Gasteiger partial charge is 0.263 e. The zero-order chi connectivity index (χ0) is 22.2. The summed E-state index contributed by atoms with van der Waals surface area (Å²) in [6.45, 7) is 2.19. The lowest BCUT2D eigenvalue weighted by atomic mass is 10.00. The Morgan fingerprint density at radius 3 is 2.45 bits per heavy atom. The molecule has 0 atom stereocenters. The van der Waals surface area contributed by atoms with Gasteiger partial charge in [0.15, 0.2) is 0 Å². The average molecular weight is 475 g/mol. The largest absolute Gasteiger partial charge is 0.308 e. The van der Waals surface area contributed by atoms with Crippen LogP contribution in [-0.4, -0.2) is 14.3 Å². The molecule has 0 aliphatic carbocycles. The Balaban J connectivity index is 1.62. The lowest BCUT2D eigenvalue weighted by Crippen LogP contribution is -2.34. The molecule has 31 heavy (non-hydrogen) atoms. The van der Waals surface area contributed by atoms with Crippen LogP contribution in [-0.2, 0) is 27.8 Å². The molecule has 0 bridgehead atoms. The van der Waals surface area contributed by atoms with Crippen molar-refractivity contribution in [3.8, 4) is 0 Å². The number of amides is 1. The second kappa shape index (κ2) is 8.54. The third kappa shape index (κ3) is 4.56. The number of rotatable bonds is 5. The Morgan fingerprint density at radius 1 is 0.968 bits per heavy atom. The quantitative estimate of drug-likeness (QED) is 0.524. The zero-order valence-electron chi connectivity index (χ0n) is 16.7. The minimum Gasteiger partial charge on any atom is -0.308 e. The molecular weight excluding hydrogens is 455 g/mol. The van der Waals surface area contributed by atoms with Gasteiger partial charge in [0.1, 0.15) is 4.90 Å². The van der Waals surface area contributed by atoms with Gasteiger partial charge in [-0.3, -0.25) is 9.52 Å². The van der Waals surface area contributed by atoms with Crippen molar-refractivity contribution in [1.29, 1.82) is 0 Å². The number of benzene rings is 3. The fourth-order valence-corrected chi connectivity index (χ4v) is 5.49. The molecule has 160 valence electrons. The standard InChI is InChI=1S/C23H20Cl2N2O3S/c1-15-11-22(20(25)13-19(15)24)31(29,30)26-18-8-9-21-17(12-18)7-10-23(28)27(21)14-16-5-3-2-4-6-16/h2-6,8-9,11-13,26H,7,10,14H2,1H3. The van der Waals surface area contributed by atoms with Crippen LogP contribution in [0.4, 0.5) is 11.4 Å². The van der Waals surface area contributed by atoms with E-state index in [1.165, 1.54) is 12.1 Å². The second-order valence-electron chi connectivity index (χ2n) is 7.45. The predicted octanol–water partition coefficient (Wildman–Crippen LogP) is 5.58. The molecule has 8 heteroatoms. The Hall–Kier alpha value is -2.54. The molecule has 0 fully saturated rings. The molecule has 0 unspecified atom stereocenters. The summed E-state index contributed by atoms with van der Waals surface area (Å²) in [5.41, 5.74) is 3.77. The van der Waals surface area contributed by atoms with E-state index >= 15 is 0 Å². The molecule has 1 amide bonds. The van der Waals surface area contributed by atoms with Gasteiger partial charge >= 0.3 is 0 Å². The fraction of sp³-hybridized carbons (Fsp3) is 0.174. The number of nitrogens with one attached hydrogen (secondary N) is 1. The summed E-state index contributed by atoms with van der Waals surface area (Å²) in [7, 11) is -3.90. The normalized spacial score (nSPS) is 13.8. The first-order valence-electron chi connectivity index (χ1n) is 9.70. The summed E-state index contributed by atoms with van der Waals surface area (Å²) < 4.78 is 28.4. The maximum absolute atomic E-state index is 12.9. The van der Waals surface area contributed by atoms with Crippen LogP contribution in [0.1, 0.15) is 23.1 Å². The van der Waals surface area contributed by atoms with E-state index in [1.807, 2.05) is 30.3 Å². The van der Waals surface area contributed by atoms with Crippen molar-refractivity contribution < 1.29 is 13.2 Å². The number of hydrogen-bond donors (Lipinski definition) is 1. The van der Waals surface area contributed by atoms with E-state index in [1.54, 1.807) is 30.0 Å². The Bertz CT molecular complexity index is 1260. The van der Waals surface area contributed by atoms with E-state index in [4.69, 9.17) is 23.2 Å². The monoisotopic (exact) mass is 474 g/mol. The minimum absolute atomic E-state index is 0.0327. The van der Waals surface area contributed by atoms with Crippen molar-refractivity contribution in [1.82, 2.24) is 0 Å². The maximum atomic E-state index is 12.9. The molecule has 4 rings (SSSR count). The van der Waals surface area contributed by atoms with Gasteiger partial charge in [0.2, 0.25) is 5.91 Å². The summed E-state index contributed by atoms with van der Waals surface area (Å²) in [6, 6.07) is 17.8. The summed E-state index contributed by atoms with van der Waals surface area (Å²) in [6.07, 6.45) is 0.925. The van der Waals surface area contributed by atoms with Gasteiger partial charge in [-0.1, -0.05) is 53.5 Å². The number of carbonyl (C=O) groups excluding carboxylic acids is 1. The second-order valence-corrected chi connectivity index (χ2v) is 9.91. The molecule has 1 aliphatic heterocycles. The predicted molar refractivity (Wildman–Crippen MR) is 124 cm³/mol. The number of sulfonamides is 1. The van der Waals surface area contributed by atoms with Gasteiger partial charge in [-0.25, -0.2) is 8.42 Å². The number of halogens is 2. The van der Waals surface area contributed by atoms with Crippen LogP contribution in [0, 0.1) is 6.92 Å². The van der Waals surface area contributed by atoms with Crippen LogP contribution in [0.25, 0.3) is 0 Å². The van der Waals surface area contributed by atoms with Crippen LogP contribution in [0.15, 0.2) is 65.6 Å². The molecule has 1 heterocycles. The van der Waals surface area contributed by atoms with Gasteiger partial charge in [0.05, 0.1) is 11.6 Å². The topological polar surface area (TPSA) is 66.5 Å². The van der Waals surface area contributed by atoms with E-state index < -0.39 is 10.0 Å². The Labute approximate surface area is 191 Å². The lowest BCUT2D eigenvalue weighted by Gasteiger charge is -2.30. The molecule has 3 aromatic rings. The zero-order valence-corrected chi connectivity index (χ0v) is 19.1. The first kappa shape index (κ1) is 21.7. The molecule has 5 nitrogen and oxygen atoms in total. The van der Waals surface area contributed by atoms with Crippen molar-refractivity contribution in [2.45, 2.75) is 31.2 Å². The van der Waals surface area contributed by atoms with Crippen LogP contribution in [0.3, 0.4) is 0 Å². The molecular formula is C23H20Cl2N2O3S. The molecule has 0 aromatic heterocycles. The average Bonchev–Trinajstić information content (AvgIpc) is 2.73. The number of aryl methyl sites for hydroxylation is 2. The molecule has 0 saturated heterocycles. The number of fused-ring (bicyclic) bond motifs is 1. The Kier molecular flexibility index (Phi) is 5.97. The van der Waals surface area contributed by atoms with Crippen molar-refractivity contribution in [2.75, 3.05) is 9.62 Å². The fourth-order valence-electron chi connectivity index (χ4n) is 3.61. The van der Waals surface area contributed by atoms with Gasteiger partial charge in [-0.15, -0.1) is 0 Å².